The molecule has 0 aromatic heterocycles. The Bertz CT molecular complexity index is 419. The van der Waals surface area contributed by atoms with Gasteiger partial charge in [-0.3, -0.25) is 0 Å². The van der Waals surface area contributed by atoms with Gasteiger partial charge in [0.1, 0.15) is 18.1 Å². The van der Waals surface area contributed by atoms with E-state index in [4.69, 9.17) is 9.47 Å². The number of hydrogen-bond acceptors (Lipinski definition) is 3. The van der Waals surface area contributed by atoms with Crippen molar-refractivity contribution in [3.63, 3.8) is 0 Å². The molecular formula is C17H27NO2. The zero-order valence-electron chi connectivity index (χ0n) is 12.9. The first-order valence-electron chi connectivity index (χ1n) is 7.85. The van der Waals surface area contributed by atoms with Gasteiger partial charge in [0.05, 0.1) is 12.6 Å². The molecule has 0 amide bonds. The van der Waals surface area contributed by atoms with E-state index in [1.807, 2.05) is 13.1 Å². The Labute approximate surface area is 122 Å². The standard InChI is InChI=1S/C17H27NO2/c1-4-6-7-13(5-2)11-19-14-8-9-15-16(18-3)12-20-17(15)10-14/h8-10,13,16,18H,4-7,11-12H2,1-3H3. The van der Waals surface area contributed by atoms with Gasteiger partial charge in [0.25, 0.3) is 0 Å². The summed E-state index contributed by atoms with van der Waals surface area (Å²) in [6, 6.07) is 6.52. The first kappa shape index (κ1) is 15.2. The molecule has 1 heterocycles. The Morgan fingerprint density at radius 3 is 2.95 bits per heavy atom. The number of benzene rings is 1. The summed E-state index contributed by atoms with van der Waals surface area (Å²) in [5.74, 6) is 2.55. The summed E-state index contributed by atoms with van der Waals surface area (Å²) in [5.41, 5.74) is 1.23. The van der Waals surface area contributed by atoms with E-state index in [9.17, 15) is 0 Å². The van der Waals surface area contributed by atoms with Crippen molar-refractivity contribution >= 4 is 0 Å². The molecule has 0 saturated carbocycles. The van der Waals surface area contributed by atoms with Gasteiger partial charge in [-0.1, -0.05) is 33.1 Å². The number of rotatable bonds is 8. The average Bonchev–Trinajstić information content (AvgIpc) is 2.89. The van der Waals surface area contributed by atoms with E-state index in [1.54, 1.807) is 0 Å². The molecule has 0 radical (unpaired) electrons. The lowest BCUT2D eigenvalue weighted by atomic mass is 10.0. The molecule has 2 unspecified atom stereocenters. The van der Waals surface area contributed by atoms with Crippen molar-refractivity contribution in [2.24, 2.45) is 5.92 Å². The van der Waals surface area contributed by atoms with Gasteiger partial charge in [0.2, 0.25) is 0 Å². The molecule has 0 spiro atoms. The van der Waals surface area contributed by atoms with Gasteiger partial charge in [-0.25, -0.2) is 0 Å². The van der Waals surface area contributed by atoms with Gasteiger partial charge in [0.15, 0.2) is 0 Å². The van der Waals surface area contributed by atoms with E-state index in [-0.39, 0.29) is 0 Å². The molecule has 112 valence electrons. The van der Waals surface area contributed by atoms with Crippen LogP contribution in [0, 0.1) is 5.92 Å². The summed E-state index contributed by atoms with van der Waals surface area (Å²) in [5, 5.41) is 3.26. The van der Waals surface area contributed by atoms with Crippen LogP contribution in [0.1, 0.15) is 51.1 Å². The molecule has 0 bridgehead atoms. The predicted molar refractivity (Wildman–Crippen MR) is 82.5 cm³/mol. The lowest BCUT2D eigenvalue weighted by molar-refractivity contribution is 0.232. The molecule has 0 fully saturated rings. The molecule has 1 aromatic rings. The van der Waals surface area contributed by atoms with Crippen LogP contribution in [0.4, 0.5) is 0 Å². The Hall–Kier alpha value is -1.22. The molecule has 1 aliphatic rings. The topological polar surface area (TPSA) is 30.5 Å². The predicted octanol–water partition coefficient (Wildman–Crippen LogP) is 3.93. The van der Waals surface area contributed by atoms with Crippen molar-refractivity contribution in [1.29, 1.82) is 0 Å². The zero-order chi connectivity index (χ0) is 14.4. The molecule has 3 nitrogen and oxygen atoms in total. The van der Waals surface area contributed by atoms with Gasteiger partial charge in [0, 0.05) is 11.6 Å². The maximum atomic E-state index is 5.95. The average molecular weight is 277 g/mol. The molecule has 2 rings (SSSR count). The molecule has 0 saturated heterocycles. The third-order valence-corrected chi connectivity index (χ3v) is 4.14. The van der Waals surface area contributed by atoms with Gasteiger partial charge in [-0.05, 0) is 31.5 Å². The maximum Gasteiger partial charge on any atom is 0.127 e. The van der Waals surface area contributed by atoms with Crippen LogP contribution in [0.25, 0.3) is 0 Å². The van der Waals surface area contributed by atoms with E-state index in [1.165, 1.54) is 31.2 Å². The van der Waals surface area contributed by atoms with E-state index in [0.717, 1.165) is 18.1 Å². The highest BCUT2D eigenvalue weighted by Crippen LogP contribution is 2.35. The zero-order valence-corrected chi connectivity index (χ0v) is 12.9. The number of hydrogen-bond donors (Lipinski definition) is 1. The minimum atomic E-state index is 0.312. The SMILES string of the molecule is CCCCC(CC)COc1ccc2c(c1)OCC2NC. The summed E-state index contributed by atoms with van der Waals surface area (Å²) in [6.45, 7) is 6.00. The van der Waals surface area contributed by atoms with Crippen LogP contribution in [0.15, 0.2) is 18.2 Å². The van der Waals surface area contributed by atoms with Crippen LogP contribution in [0.5, 0.6) is 11.5 Å². The minimum absolute atomic E-state index is 0.312. The smallest absolute Gasteiger partial charge is 0.127 e. The lowest BCUT2D eigenvalue weighted by Gasteiger charge is -2.16. The van der Waals surface area contributed by atoms with Crippen molar-refractivity contribution < 1.29 is 9.47 Å². The number of unbranched alkanes of at least 4 members (excludes halogenated alkanes) is 1. The fourth-order valence-corrected chi connectivity index (χ4v) is 2.63. The minimum Gasteiger partial charge on any atom is -0.493 e. The summed E-state index contributed by atoms with van der Waals surface area (Å²) in [7, 11) is 1.97. The first-order chi connectivity index (χ1) is 9.78. The van der Waals surface area contributed by atoms with Crippen LogP contribution in [-0.2, 0) is 0 Å². The van der Waals surface area contributed by atoms with Crippen molar-refractivity contribution in [2.75, 3.05) is 20.3 Å². The monoisotopic (exact) mass is 277 g/mol. The van der Waals surface area contributed by atoms with E-state index in [2.05, 4.69) is 31.3 Å². The highest BCUT2D eigenvalue weighted by atomic mass is 16.5. The van der Waals surface area contributed by atoms with Gasteiger partial charge in [-0.15, -0.1) is 0 Å². The number of likely N-dealkylation sites (N-methyl/N-ethyl adjacent to an activating group) is 1. The van der Waals surface area contributed by atoms with Crippen molar-refractivity contribution in [2.45, 2.75) is 45.6 Å². The third kappa shape index (κ3) is 3.66. The van der Waals surface area contributed by atoms with Crippen molar-refractivity contribution in [3.8, 4) is 11.5 Å². The number of fused-ring (bicyclic) bond motifs is 1. The molecule has 2 atom stereocenters. The van der Waals surface area contributed by atoms with Crippen LogP contribution >= 0.6 is 0 Å². The highest BCUT2D eigenvalue weighted by Gasteiger charge is 2.22. The van der Waals surface area contributed by atoms with Gasteiger partial charge in [-0.2, -0.15) is 0 Å². The largest absolute Gasteiger partial charge is 0.493 e. The van der Waals surface area contributed by atoms with Crippen molar-refractivity contribution in [3.05, 3.63) is 23.8 Å². The second-order valence-electron chi connectivity index (χ2n) is 5.58. The van der Waals surface area contributed by atoms with Gasteiger partial charge < -0.3 is 14.8 Å². The summed E-state index contributed by atoms with van der Waals surface area (Å²) in [6.07, 6.45) is 4.99. The molecule has 0 aliphatic carbocycles. The lowest BCUT2D eigenvalue weighted by Crippen LogP contribution is -2.17. The first-order valence-corrected chi connectivity index (χ1v) is 7.85. The van der Waals surface area contributed by atoms with E-state index < -0.39 is 0 Å². The van der Waals surface area contributed by atoms with Crippen LogP contribution in [-0.4, -0.2) is 20.3 Å². The molecule has 1 aliphatic heterocycles. The van der Waals surface area contributed by atoms with Crippen LogP contribution in [0.2, 0.25) is 0 Å². The molecular weight excluding hydrogens is 250 g/mol. The molecule has 3 heteroatoms. The summed E-state index contributed by atoms with van der Waals surface area (Å²) < 4.78 is 11.6. The number of nitrogens with one attached hydrogen (secondary N) is 1. The van der Waals surface area contributed by atoms with Crippen molar-refractivity contribution in [1.82, 2.24) is 5.32 Å². The summed E-state index contributed by atoms with van der Waals surface area (Å²) in [4.78, 5) is 0. The maximum absolute atomic E-state index is 5.95. The second-order valence-corrected chi connectivity index (χ2v) is 5.58. The second kappa shape index (κ2) is 7.53. The fourth-order valence-electron chi connectivity index (χ4n) is 2.63. The molecule has 1 aromatic carbocycles. The quantitative estimate of drug-likeness (QED) is 0.781. The molecule has 1 N–H and O–H groups in total. The Morgan fingerprint density at radius 2 is 2.25 bits per heavy atom. The fraction of sp³-hybridized carbons (Fsp3) is 0.647. The van der Waals surface area contributed by atoms with E-state index >= 15 is 0 Å². The summed E-state index contributed by atoms with van der Waals surface area (Å²) >= 11 is 0. The Morgan fingerprint density at radius 1 is 1.40 bits per heavy atom. The van der Waals surface area contributed by atoms with Gasteiger partial charge >= 0.3 is 0 Å². The van der Waals surface area contributed by atoms with Crippen LogP contribution in [0.3, 0.4) is 0 Å². The van der Waals surface area contributed by atoms with E-state index in [0.29, 0.717) is 18.6 Å². The molecule has 20 heavy (non-hydrogen) atoms. The third-order valence-electron chi connectivity index (χ3n) is 4.14. The Kier molecular flexibility index (Phi) is 5.72. The number of ether oxygens (including phenoxy) is 2. The Balaban J connectivity index is 1.91. The normalized spacial score (nSPS) is 18.4. The highest BCUT2D eigenvalue weighted by molar-refractivity contribution is 5.44. The van der Waals surface area contributed by atoms with Crippen LogP contribution < -0.4 is 14.8 Å².